The van der Waals surface area contributed by atoms with Crippen LogP contribution in [0.15, 0.2) is 34.9 Å². The molecule has 0 radical (unpaired) electrons. The molecule has 3 heteroatoms. The molecular weight excluding hydrogens is 236 g/mol. The number of hydrogen-bond acceptors (Lipinski definition) is 3. The molecule has 0 aliphatic carbocycles. The highest BCUT2D eigenvalue weighted by molar-refractivity contribution is 5.24. The van der Waals surface area contributed by atoms with Gasteiger partial charge in [0.15, 0.2) is 0 Å². The molecule has 2 unspecified atom stereocenters. The van der Waals surface area contributed by atoms with E-state index in [1.807, 2.05) is 19.9 Å². The normalized spacial score (nSPS) is 14.3. The summed E-state index contributed by atoms with van der Waals surface area (Å²) in [4.78, 5) is 0. The van der Waals surface area contributed by atoms with Crippen LogP contribution < -0.4 is 5.32 Å². The van der Waals surface area contributed by atoms with E-state index in [-0.39, 0.29) is 6.04 Å². The van der Waals surface area contributed by atoms with E-state index < -0.39 is 0 Å². The van der Waals surface area contributed by atoms with Crippen molar-refractivity contribution >= 4 is 0 Å². The summed E-state index contributed by atoms with van der Waals surface area (Å²) in [7, 11) is 0. The molecule has 0 fully saturated rings. The minimum atomic E-state index is 0.255. The summed E-state index contributed by atoms with van der Waals surface area (Å²) in [6.45, 7) is 8.33. The summed E-state index contributed by atoms with van der Waals surface area (Å²) < 4.78 is 5.23. The molecule has 19 heavy (non-hydrogen) atoms. The van der Waals surface area contributed by atoms with Gasteiger partial charge < -0.3 is 9.84 Å². The number of hydrogen-bond donors (Lipinski definition) is 1. The predicted octanol–water partition coefficient (Wildman–Crippen LogP) is 3.57. The molecule has 2 atom stereocenters. The van der Waals surface area contributed by atoms with Crippen LogP contribution in [0.4, 0.5) is 0 Å². The minimum absolute atomic E-state index is 0.255. The molecule has 1 aromatic heterocycles. The zero-order valence-corrected chi connectivity index (χ0v) is 12.1. The standard InChI is InChI=1S/C16H22N2O/c1-11(10-15-8-6-5-7-9-15)17-12(2)16-13(3)18-19-14(16)4/h5-9,11-12,17H,10H2,1-4H3. The lowest BCUT2D eigenvalue weighted by Gasteiger charge is -2.20. The average molecular weight is 258 g/mol. The number of benzene rings is 1. The molecule has 0 spiro atoms. The second-order valence-electron chi connectivity index (χ2n) is 5.22. The van der Waals surface area contributed by atoms with Crippen LogP contribution in [0.2, 0.25) is 0 Å². The second-order valence-corrected chi connectivity index (χ2v) is 5.22. The molecule has 2 rings (SSSR count). The summed E-state index contributed by atoms with van der Waals surface area (Å²) in [6.07, 6.45) is 1.02. The van der Waals surface area contributed by atoms with Crippen LogP contribution in [0.5, 0.6) is 0 Å². The van der Waals surface area contributed by atoms with Gasteiger partial charge in [0, 0.05) is 17.6 Å². The Kier molecular flexibility index (Phi) is 4.38. The molecule has 2 aromatic rings. The Hall–Kier alpha value is -1.61. The van der Waals surface area contributed by atoms with Crippen molar-refractivity contribution in [2.24, 2.45) is 0 Å². The van der Waals surface area contributed by atoms with E-state index in [2.05, 4.69) is 48.6 Å². The highest BCUT2D eigenvalue weighted by atomic mass is 16.5. The highest BCUT2D eigenvalue weighted by Crippen LogP contribution is 2.21. The Balaban J connectivity index is 1.97. The zero-order valence-electron chi connectivity index (χ0n) is 12.1. The fourth-order valence-corrected chi connectivity index (χ4v) is 2.64. The monoisotopic (exact) mass is 258 g/mol. The third-order valence-corrected chi connectivity index (χ3v) is 3.44. The quantitative estimate of drug-likeness (QED) is 0.891. The molecule has 3 nitrogen and oxygen atoms in total. The number of nitrogens with zero attached hydrogens (tertiary/aromatic N) is 1. The topological polar surface area (TPSA) is 38.1 Å². The van der Waals surface area contributed by atoms with Crippen LogP contribution in [-0.4, -0.2) is 11.2 Å². The van der Waals surface area contributed by atoms with Crippen molar-refractivity contribution in [1.82, 2.24) is 10.5 Å². The first-order valence-corrected chi connectivity index (χ1v) is 6.80. The van der Waals surface area contributed by atoms with Gasteiger partial charge in [-0.2, -0.15) is 0 Å². The van der Waals surface area contributed by atoms with Gasteiger partial charge in [-0.1, -0.05) is 35.5 Å². The van der Waals surface area contributed by atoms with Crippen LogP contribution in [0.1, 0.15) is 42.5 Å². The van der Waals surface area contributed by atoms with Gasteiger partial charge in [-0.3, -0.25) is 0 Å². The summed E-state index contributed by atoms with van der Waals surface area (Å²) >= 11 is 0. The largest absolute Gasteiger partial charge is 0.361 e. The Labute approximate surface area is 115 Å². The first kappa shape index (κ1) is 13.8. The summed E-state index contributed by atoms with van der Waals surface area (Å²) in [5.74, 6) is 0.907. The van der Waals surface area contributed by atoms with Crippen LogP contribution >= 0.6 is 0 Å². The number of rotatable bonds is 5. The van der Waals surface area contributed by atoms with E-state index in [0.29, 0.717) is 6.04 Å². The molecular formula is C16H22N2O. The Morgan fingerprint density at radius 2 is 1.84 bits per heavy atom. The Morgan fingerprint density at radius 1 is 1.16 bits per heavy atom. The molecule has 1 N–H and O–H groups in total. The first-order valence-electron chi connectivity index (χ1n) is 6.80. The summed E-state index contributed by atoms with van der Waals surface area (Å²) in [5, 5.41) is 7.63. The fraction of sp³-hybridized carbons (Fsp3) is 0.438. The van der Waals surface area contributed by atoms with Crippen molar-refractivity contribution in [2.75, 3.05) is 0 Å². The Morgan fingerprint density at radius 3 is 2.42 bits per heavy atom. The molecule has 0 amide bonds. The van der Waals surface area contributed by atoms with Crippen molar-refractivity contribution in [3.05, 3.63) is 52.9 Å². The van der Waals surface area contributed by atoms with Crippen LogP contribution in [0.3, 0.4) is 0 Å². The van der Waals surface area contributed by atoms with Gasteiger partial charge in [0.2, 0.25) is 0 Å². The van der Waals surface area contributed by atoms with E-state index in [9.17, 15) is 0 Å². The van der Waals surface area contributed by atoms with Crippen LogP contribution in [0, 0.1) is 13.8 Å². The lowest BCUT2D eigenvalue weighted by molar-refractivity contribution is 0.389. The van der Waals surface area contributed by atoms with Crippen molar-refractivity contribution in [3.8, 4) is 0 Å². The smallest absolute Gasteiger partial charge is 0.138 e. The van der Waals surface area contributed by atoms with E-state index in [1.54, 1.807) is 0 Å². The SMILES string of the molecule is Cc1noc(C)c1C(C)NC(C)Cc1ccccc1. The zero-order chi connectivity index (χ0) is 13.8. The summed E-state index contributed by atoms with van der Waals surface area (Å²) in [6, 6.07) is 11.2. The van der Waals surface area contributed by atoms with E-state index in [0.717, 1.165) is 17.9 Å². The van der Waals surface area contributed by atoms with Crippen LogP contribution in [-0.2, 0) is 6.42 Å². The molecule has 0 aliphatic rings. The number of nitrogens with one attached hydrogen (secondary N) is 1. The van der Waals surface area contributed by atoms with Gasteiger partial charge in [-0.15, -0.1) is 0 Å². The van der Waals surface area contributed by atoms with Crippen molar-refractivity contribution in [1.29, 1.82) is 0 Å². The van der Waals surface area contributed by atoms with E-state index >= 15 is 0 Å². The third kappa shape index (κ3) is 3.44. The van der Waals surface area contributed by atoms with Gasteiger partial charge in [-0.05, 0) is 39.7 Å². The molecule has 0 bridgehead atoms. The average Bonchev–Trinajstić information content (AvgIpc) is 2.70. The minimum Gasteiger partial charge on any atom is -0.361 e. The van der Waals surface area contributed by atoms with E-state index in [4.69, 9.17) is 4.52 Å². The molecule has 1 heterocycles. The van der Waals surface area contributed by atoms with Gasteiger partial charge in [0.05, 0.1) is 5.69 Å². The van der Waals surface area contributed by atoms with Gasteiger partial charge >= 0.3 is 0 Å². The molecule has 102 valence electrons. The van der Waals surface area contributed by atoms with Crippen LogP contribution in [0.25, 0.3) is 0 Å². The number of aromatic nitrogens is 1. The maximum atomic E-state index is 5.23. The predicted molar refractivity (Wildman–Crippen MR) is 77.1 cm³/mol. The van der Waals surface area contributed by atoms with E-state index in [1.165, 1.54) is 11.1 Å². The number of aryl methyl sites for hydroxylation is 2. The third-order valence-electron chi connectivity index (χ3n) is 3.44. The molecule has 1 aromatic carbocycles. The van der Waals surface area contributed by atoms with Crippen molar-refractivity contribution in [2.45, 2.75) is 46.2 Å². The lowest BCUT2D eigenvalue weighted by Crippen LogP contribution is -2.31. The van der Waals surface area contributed by atoms with Gasteiger partial charge in [0.1, 0.15) is 5.76 Å². The molecule has 0 saturated carbocycles. The van der Waals surface area contributed by atoms with Crippen molar-refractivity contribution < 1.29 is 4.52 Å². The summed E-state index contributed by atoms with van der Waals surface area (Å²) in [5.41, 5.74) is 3.51. The first-order chi connectivity index (χ1) is 9.08. The second kappa shape index (κ2) is 6.02. The molecule has 0 saturated heterocycles. The highest BCUT2D eigenvalue weighted by Gasteiger charge is 2.17. The van der Waals surface area contributed by atoms with Gasteiger partial charge in [0.25, 0.3) is 0 Å². The fourth-order valence-electron chi connectivity index (χ4n) is 2.64. The maximum absolute atomic E-state index is 5.23. The lowest BCUT2D eigenvalue weighted by atomic mass is 10.0. The van der Waals surface area contributed by atoms with Crippen molar-refractivity contribution in [3.63, 3.8) is 0 Å². The Bertz CT molecular complexity index is 499. The van der Waals surface area contributed by atoms with Gasteiger partial charge in [-0.25, -0.2) is 0 Å². The molecule has 0 aliphatic heterocycles. The maximum Gasteiger partial charge on any atom is 0.138 e.